The van der Waals surface area contributed by atoms with Gasteiger partial charge in [-0.2, -0.15) is 0 Å². The summed E-state index contributed by atoms with van der Waals surface area (Å²) in [7, 11) is -1.51. The van der Waals surface area contributed by atoms with E-state index in [1.807, 2.05) is 11.3 Å². The smallest absolute Gasteiger partial charge is 0.127 e. The Balaban J connectivity index is 1.82. The van der Waals surface area contributed by atoms with Crippen LogP contribution < -0.4 is 4.50 Å². The minimum Gasteiger partial charge on any atom is -0.236 e. The van der Waals surface area contributed by atoms with E-state index < -0.39 is 8.07 Å². The summed E-state index contributed by atoms with van der Waals surface area (Å²) < 4.78 is 1.57. The lowest BCUT2D eigenvalue weighted by Gasteiger charge is -2.35. The van der Waals surface area contributed by atoms with Gasteiger partial charge in [-0.25, -0.2) is 9.97 Å². The van der Waals surface area contributed by atoms with Crippen molar-refractivity contribution in [3.63, 3.8) is 0 Å². The van der Waals surface area contributed by atoms with Crippen molar-refractivity contribution >= 4 is 44.9 Å². The van der Waals surface area contributed by atoms with Crippen molar-refractivity contribution in [3.8, 4) is 11.3 Å². The lowest BCUT2D eigenvalue weighted by atomic mass is 9.71. The third-order valence-electron chi connectivity index (χ3n) is 6.50. The van der Waals surface area contributed by atoms with E-state index in [2.05, 4.69) is 84.6 Å². The fourth-order valence-corrected chi connectivity index (χ4v) is 8.93. The summed E-state index contributed by atoms with van der Waals surface area (Å²) in [6, 6.07) is 11.8. The van der Waals surface area contributed by atoms with Gasteiger partial charge in [0.25, 0.3) is 0 Å². The van der Waals surface area contributed by atoms with Gasteiger partial charge in [-0.15, -0.1) is 11.3 Å². The maximum atomic E-state index is 4.84. The number of rotatable bonds is 2. The molecule has 0 N–H and O–H groups in total. The second-order valence-corrected chi connectivity index (χ2v) is 18.3. The second-order valence-electron chi connectivity index (χ2n) is 11.9. The Labute approximate surface area is 190 Å². The van der Waals surface area contributed by atoms with Crippen LogP contribution in [0.25, 0.3) is 32.2 Å². The lowest BCUT2D eigenvalue weighted by Crippen LogP contribution is -2.42. The molecule has 0 bridgehead atoms. The van der Waals surface area contributed by atoms with Gasteiger partial charge < -0.3 is 0 Å². The molecule has 4 aromatic rings. The summed E-state index contributed by atoms with van der Waals surface area (Å²) in [4.78, 5) is 10.7. The van der Waals surface area contributed by atoms with Crippen LogP contribution >= 0.6 is 11.3 Å². The number of hydrogen-bond acceptors (Lipinski definition) is 3. The van der Waals surface area contributed by atoms with Crippen molar-refractivity contribution in [1.29, 1.82) is 0 Å². The van der Waals surface area contributed by atoms with Crippen LogP contribution in [0.15, 0.2) is 36.7 Å². The zero-order valence-electron chi connectivity index (χ0n) is 20.0. The lowest BCUT2D eigenvalue weighted by molar-refractivity contribution is 0.411. The monoisotopic (exact) mass is 444 g/mol. The molecule has 0 fully saturated rings. The Hall–Kier alpha value is -2.04. The normalized spacial score (nSPS) is 15.5. The summed E-state index contributed by atoms with van der Waals surface area (Å²) in [5.41, 5.74) is 6.91. The largest absolute Gasteiger partial charge is 0.236 e. The molecule has 0 radical (unpaired) electrons. The first-order valence-corrected chi connectivity index (χ1v) is 15.5. The number of fused-ring (bicyclic) bond motifs is 3. The van der Waals surface area contributed by atoms with Crippen LogP contribution in [0.3, 0.4) is 0 Å². The summed E-state index contributed by atoms with van der Waals surface area (Å²) in [6.07, 6.45) is 2.84. The van der Waals surface area contributed by atoms with E-state index in [0.717, 1.165) is 16.9 Å². The highest BCUT2D eigenvalue weighted by atomic mass is 32.1. The molecule has 0 saturated carbocycles. The molecule has 2 nitrogen and oxygen atoms in total. The molecule has 0 atom stereocenters. The fourth-order valence-electron chi connectivity index (χ4n) is 5.18. The average molecular weight is 445 g/mol. The van der Waals surface area contributed by atoms with E-state index >= 15 is 0 Å². The van der Waals surface area contributed by atoms with Crippen LogP contribution in [0.1, 0.15) is 51.3 Å². The van der Waals surface area contributed by atoms with E-state index in [4.69, 9.17) is 9.97 Å². The maximum absolute atomic E-state index is 4.84. The molecule has 2 heterocycles. The molecule has 0 unspecified atom stereocenters. The number of nitrogens with zero attached hydrogens (tertiary/aromatic N) is 2. The highest BCUT2D eigenvalue weighted by Gasteiger charge is 2.40. The molecule has 160 valence electrons. The quantitative estimate of drug-likeness (QED) is 0.303. The van der Waals surface area contributed by atoms with Crippen molar-refractivity contribution in [1.82, 2.24) is 9.97 Å². The first-order valence-electron chi connectivity index (χ1n) is 11.2. The Kier molecular flexibility index (Phi) is 4.36. The molecule has 31 heavy (non-hydrogen) atoms. The molecule has 2 aromatic heterocycles. The SMILES string of the molecule is CC(C)(C)Cc1ccc2cc3c(cc2c1)-c1ncnc2sc([Si](C)(C)C)c(c12)C3(C)C. The zero-order chi connectivity index (χ0) is 22.3. The van der Waals surface area contributed by atoms with Crippen molar-refractivity contribution in [3.05, 3.63) is 53.3 Å². The second kappa shape index (κ2) is 6.49. The molecule has 4 heteroatoms. The molecule has 0 spiro atoms. The van der Waals surface area contributed by atoms with Crippen LogP contribution in [0, 0.1) is 5.41 Å². The van der Waals surface area contributed by atoms with Crippen molar-refractivity contribution in [2.45, 2.75) is 66.1 Å². The topological polar surface area (TPSA) is 25.8 Å². The molecule has 0 amide bonds. The number of benzene rings is 2. The first kappa shape index (κ1) is 20.8. The van der Waals surface area contributed by atoms with Gasteiger partial charge in [-0.1, -0.05) is 72.5 Å². The van der Waals surface area contributed by atoms with E-state index in [9.17, 15) is 0 Å². The van der Waals surface area contributed by atoms with Crippen molar-refractivity contribution in [2.75, 3.05) is 0 Å². The van der Waals surface area contributed by atoms with Gasteiger partial charge in [0.2, 0.25) is 0 Å². The maximum Gasteiger partial charge on any atom is 0.127 e. The van der Waals surface area contributed by atoms with Gasteiger partial charge in [-0.05, 0) is 55.9 Å². The van der Waals surface area contributed by atoms with E-state index in [1.54, 1.807) is 10.8 Å². The highest BCUT2D eigenvalue weighted by molar-refractivity contribution is 7.31. The van der Waals surface area contributed by atoms with Gasteiger partial charge in [-0.3, -0.25) is 0 Å². The minimum absolute atomic E-state index is 0.0564. The molecule has 0 aliphatic heterocycles. The first-order chi connectivity index (χ1) is 14.4. The average Bonchev–Trinajstić information content (AvgIpc) is 3.06. The third kappa shape index (κ3) is 3.26. The van der Waals surface area contributed by atoms with Crippen LogP contribution in [0.5, 0.6) is 0 Å². The van der Waals surface area contributed by atoms with Gasteiger partial charge >= 0.3 is 0 Å². The van der Waals surface area contributed by atoms with Crippen LogP contribution in [-0.4, -0.2) is 18.0 Å². The molecular formula is C27H32N2SSi. The van der Waals surface area contributed by atoms with Gasteiger partial charge in [0, 0.05) is 16.4 Å². The summed E-state index contributed by atoms with van der Waals surface area (Å²) >= 11 is 1.91. The van der Waals surface area contributed by atoms with Gasteiger partial charge in [0.1, 0.15) is 11.2 Å². The van der Waals surface area contributed by atoms with Crippen LogP contribution in [0.2, 0.25) is 19.6 Å². The standard InChI is InChI=1S/C27H32N2SSi/c1-26(2,3)14-16-9-10-17-13-20-19(12-18(17)11-16)23-21-22(27(20,4)5)25(31(6,7)8)30-24(21)29-15-28-23/h9-13,15H,14H2,1-8H3. The number of aromatic nitrogens is 2. The molecule has 0 saturated heterocycles. The zero-order valence-corrected chi connectivity index (χ0v) is 21.8. The predicted octanol–water partition coefficient (Wildman–Crippen LogP) is 7.28. The molecule has 5 rings (SSSR count). The number of hydrogen-bond donors (Lipinski definition) is 0. The molecule has 1 aliphatic rings. The Morgan fingerprint density at radius 2 is 1.71 bits per heavy atom. The summed E-state index contributed by atoms with van der Waals surface area (Å²) in [6.45, 7) is 19.0. The third-order valence-corrected chi connectivity index (χ3v) is 11.2. The van der Waals surface area contributed by atoms with Gasteiger partial charge in [0.05, 0.1) is 13.8 Å². The van der Waals surface area contributed by atoms with Crippen LogP contribution in [-0.2, 0) is 11.8 Å². The Morgan fingerprint density at radius 3 is 2.39 bits per heavy atom. The predicted molar refractivity (Wildman–Crippen MR) is 139 cm³/mol. The van der Waals surface area contributed by atoms with E-state index in [-0.39, 0.29) is 10.8 Å². The van der Waals surface area contributed by atoms with Crippen molar-refractivity contribution in [2.24, 2.45) is 5.41 Å². The summed E-state index contributed by atoms with van der Waals surface area (Å²) in [5, 5.41) is 3.93. The molecular weight excluding hydrogens is 412 g/mol. The highest BCUT2D eigenvalue weighted by Crippen LogP contribution is 2.50. The van der Waals surface area contributed by atoms with Crippen molar-refractivity contribution < 1.29 is 0 Å². The fraction of sp³-hybridized carbons (Fsp3) is 0.407. The van der Waals surface area contributed by atoms with Gasteiger partial charge in [0.15, 0.2) is 0 Å². The summed E-state index contributed by atoms with van der Waals surface area (Å²) in [5.74, 6) is 0. The van der Waals surface area contributed by atoms with E-state index in [0.29, 0.717) is 0 Å². The Morgan fingerprint density at radius 1 is 0.968 bits per heavy atom. The minimum atomic E-state index is -1.51. The van der Waals surface area contributed by atoms with Crippen LogP contribution in [0.4, 0.5) is 0 Å². The van der Waals surface area contributed by atoms with E-state index in [1.165, 1.54) is 38.4 Å². The number of thiophene rings is 1. The Bertz CT molecular complexity index is 1350. The molecule has 2 aromatic carbocycles. The molecule has 1 aliphatic carbocycles.